The summed E-state index contributed by atoms with van der Waals surface area (Å²) >= 11 is 0. The molecule has 0 fully saturated rings. The van der Waals surface area contributed by atoms with Gasteiger partial charge in [0.05, 0.1) is 18.6 Å². The van der Waals surface area contributed by atoms with Crippen molar-refractivity contribution in [2.24, 2.45) is 0 Å². The summed E-state index contributed by atoms with van der Waals surface area (Å²) in [5.41, 5.74) is -0.234. The molecule has 17 nitrogen and oxygen atoms in total. The van der Waals surface area contributed by atoms with Crippen molar-refractivity contribution in [1.29, 1.82) is 0 Å². The summed E-state index contributed by atoms with van der Waals surface area (Å²) in [4.78, 5) is 73.0. The summed E-state index contributed by atoms with van der Waals surface area (Å²) < 4.78 is 21.3. The number of unbranched alkanes of at least 4 members (excludes halogenated alkanes) is 3. The molecule has 0 radical (unpaired) electrons. The second-order valence-electron chi connectivity index (χ2n) is 10.6. The van der Waals surface area contributed by atoms with Crippen LogP contribution in [0.15, 0.2) is 66.7 Å². The maximum Gasteiger partial charge on any atom is 0.356 e. The van der Waals surface area contributed by atoms with Crippen LogP contribution >= 0.6 is 0 Å². The fourth-order valence-electron chi connectivity index (χ4n) is 4.37. The predicted octanol–water partition coefficient (Wildman–Crippen LogP) is 5.07. The molecule has 0 aliphatic carbocycles. The summed E-state index contributed by atoms with van der Waals surface area (Å²) in [6, 6.07) is 16.4. The molecule has 0 saturated heterocycles. The van der Waals surface area contributed by atoms with E-state index in [1.54, 1.807) is 24.3 Å². The van der Waals surface area contributed by atoms with Gasteiger partial charge in [-0.2, -0.15) is 0 Å². The standard InChI is InChI=1S/C34H34N6O11/c1-3-4-5-9-18-49-31-24(35-30(44)23-16-17-27(40(46)47)33(38-23)50-19-21-10-7-6-8-11-21)13-12-22(37-31)29(43)36-25-14-15-26(34(45)48-2)39-32(25)51-20-28(41)42/h6-8,10-17H,3-5,9,18-20H2,1-2H3,(H,35,44)(H,36,43)(H,41,42). The summed E-state index contributed by atoms with van der Waals surface area (Å²) in [7, 11) is 1.14. The Morgan fingerprint density at radius 3 is 1.94 bits per heavy atom. The second-order valence-corrected chi connectivity index (χ2v) is 10.6. The number of nitrogens with one attached hydrogen (secondary N) is 2. The van der Waals surface area contributed by atoms with Gasteiger partial charge in [0.15, 0.2) is 12.3 Å². The average molecular weight is 703 g/mol. The van der Waals surface area contributed by atoms with E-state index < -0.39 is 41.0 Å². The van der Waals surface area contributed by atoms with Crippen molar-refractivity contribution in [3.63, 3.8) is 0 Å². The SMILES string of the molecule is CCCCCCOc1nc(C(=O)Nc2ccc(C(=O)OC)nc2OCC(=O)O)ccc1NC(=O)c1ccc([N+](=O)[O-])c(OCc2ccccc2)n1. The van der Waals surface area contributed by atoms with Crippen LogP contribution in [0, 0.1) is 10.1 Å². The number of amides is 2. The number of carbonyl (C=O) groups excluding carboxylic acids is 3. The molecule has 3 N–H and O–H groups in total. The molecule has 4 rings (SSSR count). The molecule has 266 valence electrons. The lowest BCUT2D eigenvalue weighted by Gasteiger charge is -2.14. The number of esters is 1. The molecular formula is C34H34N6O11. The average Bonchev–Trinajstić information content (AvgIpc) is 3.13. The maximum atomic E-state index is 13.3. The molecule has 0 spiro atoms. The first-order valence-electron chi connectivity index (χ1n) is 15.6. The van der Waals surface area contributed by atoms with E-state index in [4.69, 9.17) is 19.3 Å². The number of carboxylic acid groups (broad SMARTS) is 1. The molecule has 2 amide bonds. The van der Waals surface area contributed by atoms with Gasteiger partial charge in [-0.3, -0.25) is 19.7 Å². The van der Waals surface area contributed by atoms with Crippen LogP contribution in [-0.2, 0) is 16.1 Å². The monoisotopic (exact) mass is 702 g/mol. The molecule has 0 atom stereocenters. The Kier molecular flexibility index (Phi) is 13.3. The first-order chi connectivity index (χ1) is 24.6. The molecule has 4 aromatic rings. The van der Waals surface area contributed by atoms with Crippen molar-refractivity contribution < 1.29 is 48.2 Å². The minimum absolute atomic E-state index is 0.0259. The molecule has 0 aliphatic rings. The number of pyridine rings is 3. The predicted molar refractivity (Wildman–Crippen MR) is 180 cm³/mol. The van der Waals surface area contributed by atoms with Gasteiger partial charge in [-0.1, -0.05) is 56.5 Å². The number of anilines is 2. The van der Waals surface area contributed by atoms with Gasteiger partial charge in [0.25, 0.3) is 17.7 Å². The molecular weight excluding hydrogens is 668 g/mol. The molecule has 51 heavy (non-hydrogen) atoms. The van der Waals surface area contributed by atoms with E-state index in [0.29, 0.717) is 6.42 Å². The minimum Gasteiger partial charge on any atom is -0.479 e. The smallest absolute Gasteiger partial charge is 0.356 e. The van der Waals surface area contributed by atoms with Crippen molar-refractivity contribution in [1.82, 2.24) is 15.0 Å². The van der Waals surface area contributed by atoms with Crippen LogP contribution in [0.4, 0.5) is 17.1 Å². The Bertz CT molecular complexity index is 1890. The van der Waals surface area contributed by atoms with E-state index in [2.05, 4.69) is 37.2 Å². The maximum absolute atomic E-state index is 13.3. The second kappa shape index (κ2) is 18.2. The summed E-state index contributed by atoms with van der Waals surface area (Å²) in [5.74, 6) is -4.49. The van der Waals surface area contributed by atoms with Crippen LogP contribution in [0.1, 0.15) is 69.6 Å². The minimum atomic E-state index is -1.32. The number of rotatable bonds is 18. The van der Waals surface area contributed by atoms with Gasteiger partial charge in [0, 0.05) is 6.07 Å². The zero-order valence-corrected chi connectivity index (χ0v) is 27.6. The molecule has 17 heteroatoms. The van der Waals surface area contributed by atoms with Crippen LogP contribution in [0.25, 0.3) is 0 Å². The molecule has 0 saturated carbocycles. The van der Waals surface area contributed by atoms with Crippen molar-refractivity contribution in [3.05, 3.63) is 99.5 Å². The number of hydrogen-bond acceptors (Lipinski definition) is 13. The molecule has 0 unspecified atom stereocenters. The number of methoxy groups -OCH3 is 1. The fraction of sp³-hybridized carbons (Fsp3) is 0.265. The lowest BCUT2D eigenvalue weighted by atomic mass is 10.2. The van der Waals surface area contributed by atoms with Crippen molar-refractivity contribution >= 4 is 40.8 Å². The summed E-state index contributed by atoms with van der Waals surface area (Å²) in [5, 5.41) is 25.8. The van der Waals surface area contributed by atoms with E-state index in [1.807, 2.05) is 6.07 Å². The van der Waals surface area contributed by atoms with Gasteiger partial charge < -0.3 is 34.7 Å². The third kappa shape index (κ3) is 10.7. The Balaban J connectivity index is 1.58. The topological polar surface area (TPSA) is 231 Å². The highest BCUT2D eigenvalue weighted by atomic mass is 16.6. The van der Waals surface area contributed by atoms with Gasteiger partial charge >= 0.3 is 17.6 Å². The number of benzene rings is 1. The van der Waals surface area contributed by atoms with Crippen LogP contribution in [0.5, 0.6) is 17.6 Å². The number of nitro groups is 1. The molecule has 1 aromatic carbocycles. The molecule has 0 bridgehead atoms. The highest BCUT2D eigenvalue weighted by Crippen LogP contribution is 2.29. The van der Waals surface area contributed by atoms with Gasteiger partial charge in [0.2, 0.25) is 11.8 Å². The van der Waals surface area contributed by atoms with Crippen molar-refractivity contribution in [2.45, 2.75) is 39.2 Å². The largest absolute Gasteiger partial charge is 0.479 e. The van der Waals surface area contributed by atoms with E-state index in [-0.39, 0.29) is 59.3 Å². The normalized spacial score (nSPS) is 10.5. The van der Waals surface area contributed by atoms with Crippen molar-refractivity contribution in [2.75, 3.05) is 31.0 Å². The number of nitrogens with zero attached hydrogens (tertiary/aromatic N) is 4. The van der Waals surface area contributed by atoms with Crippen LogP contribution in [-0.4, -0.2) is 69.1 Å². The molecule has 0 aliphatic heterocycles. The molecule has 3 aromatic heterocycles. The van der Waals surface area contributed by atoms with Gasteiger partial charge in [-0.15, -0.1) is 0 Å². The van der Waals surface area contributed by atoms with Crippen LogP contribution in [0.2, 0.25) is 0 Å². The number of aliphatic carboxylic acids is 1. The van der Waals surface area contributed by atoms with E-state index in [9.17, 15) is 29.3 Å². The first-order valence-corrected chi connectivity index (χ1v) is 15.6. The fourth-order valence-corrected chi connectivity index (χ4v) is 4.37. The third-order valence-corrected chi connectivity index (χ3v) is 6.90. The van der Waals surface area contributed by atoms with Crippen molar-refractivity contribution in [3.8, 4) is 17.6 Å². The van der Waals surface area contributed by atoms with Crippen LogP contribution < -0.4 is 24.8 Å². The Morgan fingerprint density at radius 1 is 0.745 bits per heavy atom. The number of hydrogen-bond donors (Lipinski definition) is 3. The number of carbonyl (C=O) groups is 4. The highest BCUT2D eigenvalue weighted by Gasteiger charge is 2.23. The Labute approximate surface area is 291 Å². The lowest BCUT2D eigenvalue weighted by Crippen LogP contribution is -2.19. The van der Waals surface area contributed by atoms with Gasteiger partial charge in [-0.05, 0) is 42.3 Å². The Hall–Kier alpha value is -6.65. The third-order valence-electron chi connectivity index (χ3n) is 6.90. The van der Waals surface area contributed by atoms with Gasteiger partial charge in [-0.25, -0.2) is 24.5 Å². The quantitative estimate of drug-likeness (QED) is 0.0532. The van der Waals surface area contributed by atoms with Crippen LogP contribution in [0.3, 0.4) is 0 Å². The lowest BCUT2D eigenvalue weighted by molar-refractivity contribution is -0.386. The molecule has 3 heterocycles. The number of carboxylic acids is 1. The number of ether oxygens (including phenoxy) is 4. The Morgan fingerprint density at radius 2 is 1.33 bits per heavy atom. The highest BCUT2D eigenvalue weighted by molar-refractivity contribution is 6.06. The zero-order chi connectivity index (χ0) is 36.8. The van der Waals surface area contributed by atoms with E-state index >= 15 is 0 Å². The summed E-state index contributed by atoms with van der Waals surface area (Å²) in [6.07, 6.45) is 3.49. The first kappa shape index (κ1) is 37.2. The van der Waals surface area contributed by atoms with E-state index in [0.717, 1.165) is 38.0 Å². The summed E-state index contributed by atoms with van der Waals surface area (Å²) in [6.45, 7) is 1.43. The van der Waals surface area contributed by atoms with E-state index in [1.165, 1.54) is 30.3 Å². The number of aromatic nitrogens is 3. The zero-order valence-electron chi connectivity index (χ0n) is 27.6. The van der Waals surface area contributed by atoms with Gasteiger partial charge in [0.1, 0.15) is 29.4 Å².